The Balaban J connectivity index is 2.25. The molecule has 0 unspecified atom stereocenters. The summed E-state index contributed by atoms with van der Waals surface area (Å²) in [5.41, 5.74) is 0. The van der Waals surface area contributed by atoms with Crippen molar-refractivity contribution in [1.29, 1.82) is 0 Å². The number of rotatable bonds is 0. The van der Waals surface area contributed by atoms with E-state index < -0.39 is 0 Å². The van der Waals surface area contributed by atoms with E-state index in [1.54, 1.807) is 0 Å². The van der Waals surface area contributed by atoms with E-state index in [1.165, 1.54) is 4.86 Å². The zero-order valence-corrected chi connectivity index (χ0v) is 5.05. The zero-order chi connectivity index (χ0) is 5.11. The molecule has 1 aliphatic rings. The van der Waals surface area contributed by atoms with E-state index in [4.69, 9.17) is 12.2 Å². The highest BCUT2D eigenvalue weighted by molar-refractivity contribution is 7.80. The van der Waals surface area contributed by atoms with Crippen molar-refractivity contribution in [3.05, 3.63) is 0 Å². The van der Waals surface area contributed by atoms with Crippen LogP contribution in [0.2, 0.25) is 0 Å². The van der Waals surface area contributed by atoms with Gasteiger partial charge in [0.05, 0.1) is 0 Å². The molecule has 0 radical (unpaired) electrons. The first-order valence-electron chi connectivity index (χ1n) is 2.62. The van der Waals surface area contributed by atoms with Crippen LogP contribution in [0, 0.1) is 0 Å². The van der Waals surface area contributed by atoms with Crippen LogP contribution in [0.4, 0.5) is 0 Å². The lowest BCUT2D eigenvalue weighted by Gasteiger charge is -2.10. The van der Waals surface area contributed by atoms with E-state index >= 15 is 0 Å². The molecule has 0 bridgehead atoms. The normalized spacial score (nSPS) is 22.6. The molecular formula is C5H9NS. The maximum atomic E-state index is 4.97. The first-order chi connectivity index (χ1) is 3.39. The molecule has 1 fully saturated rings. The fourth-order valence-corrected chi connectivity index (χ4v) is 0.910. The van der Waals surface area contributed by atoms with Gasteiger partial charge in [-0.2, -0.15) is 0 Å². The van der Waals surface area contributed by atoms with Crippen molar-refractivity contribution < 1.29 is 0 Å². The summed E-state index contributed by atoms with van der Waals surface area (Å²) in [6, 6.07) is 0. The second kappa shape index (κ2) is 2.38. The summed E-state index contributed by atoms with van der Waals surface area (Å²) in [6.07, 6.45) is 2.21. The summed E-state index contributed by atoms with van der Waals surface area (Å²) in [4.78, 5) is 1.23. The van der Waals surface area contributed by atoms with Gasteiger partial charge < -0.3 is 5.32 Å². The van der Waals surface area contributed by atoms with Crippen LogP contribution in [0.3, 0.4) is 0 Å². The van der Waals surface area contributed by atoms with Crippen molar-refractivity contribution in [1.82, 2.24) is 5.32 Å². The van der Waals surface area contributed by atoms with Crippen molar-refractivity contribution >= 4 is 17.1 Å². The lowest BCUT2D eigenvalue weighted by atomic mass is 10.2. The third kappa shape index (κ3) is 1.53. The van der Waals surface area contributed by atoms with Gasteiger partial charge in [0.15, 0.2) is 0 Å². The van der Waals surface area contributed by atoms with E-state index in [1.807, 2.05) is 0 Å². The fourth-order valence-electron chi connectivity index (χ4n) is 0.706. The second-order valence-corrected chi connectivity index (χ2v) is 2.37. The van der Waals surface area contributed by atoms with Crippen LogP contribution >= 0.6 is 12.2 Å². The SMILES string of the molecule is S=C1CCNCC1. The Morgan fingerprint density at radius 3 is 2.14 bits per heavy atom. The second-order valence-electron chi connectivity index (χ2n) is 1.79. The number of piperidine rings is 1. The Hall–Kier alpha value is 0.0500. The van der Waals surface area contributed by atoms with Crippen molar-refractivity contribution in [2.75, 3.05) is 13.1 Å². The monoisotopic (exact) mass is 115 g/mol. The lowest BCUT2D eigenvalue weighted by Crippen LogP contribution is -2.26. The summed E-state index contributed by atoms with van der Waals surface area (Å²) >= 11 is 4.97. The number of hydrogen-bond acceptors (Lipinski definition) is 2. The molecule has 0 aromatic carbocycles. The Labute approximate surface area is 49.1 Å². The molecule has 0 spiro atoms. The van der Waals surface area contributed by atoms with E-state index in [2.05, 4.69) is 5.32 Å². The predicted molar refractivity (Wildman–Crippen MR) is 34.7 cm³/mol. The van der Waals surface area contributed by atoms with Crippen LogP contribution in [-0.4, -0.2) is 18.0 Å². The highest BCUT2D eigenvalue weighted by Gasteiger charge is 2.00. The summed E-state index contributed by atoms with van der Waals surface area (Å²) in [6.45, 7) is 2.19. The first kappa shape index (κ1) is 5.19. The lowest BCUT2D eigenvalue weighted by molar-refractivity contribution is 0.679. The van der Waals surface area contributed by atoms with Crippen LogP contribution in [0.25, 0.3) is 0 Å². The largest absolute Gasteiger partial charge is 0.316 e. The minimum absolute atomic E-state index is 1.10. The van der Waals surface area contributed by atoms with Crippen LogP contribution in [0.5, 0.6) is 0 Å². The van der Waals surface area contributed by atoms with E-state index in [-0.39, 0.29) is 0 Å². The molecule has 7 heavy (non-hydrogen) atoms. The highest BCUT2D eigenvalue weighted by atomic mass is 32.1. The van der Waals surface area contributed by atoms with E-state index in [0.717, 1.165) is 25.9 Å². The molecule has 0 aromatic rings. The van der Waals surface area contributed by atoms with Crippen molar-refractivity contribution in [3.63, 3.8) is 0 Å². The van der Waals surface area contributed by atoms with Gasteiger partial charge in [-0.1, -0.05) is 12.2 Å². The van der Waals surface area contributed by atoms with E-state index in [9.17, 15) is 0 Å². The molecule has 0 amide bonds. The van der Waals surface area contributed by atoms with Gasteiger partial charge in [0.2, 0.25) is 0 Å². The Bertz CT molecular complexity index is 72.1. The van der Waals surface area contributed by atoms with Crippen LogP contribution in [0.1, 0.15) is 12.8 Å². The molecule has 1 aliphatic heterocycles. The summed E-state index contributed by atoms with van der Waals surface area (Å²) < 4.78 is 0. The van der Waals surface area contributed by atoms with Gasteiger partial charge in [0.1, 0.15) is 0 Å². The van der Waals surface area contributed by atoms with Gasteiger partial charge in [-0.3, -0.25) is 0 Å². The summed E-state index contributed by atoms with van der Waals surface area (Å²) in [5.74, 6) is 0. The highest BCUT2D eigenvalue weighted by Crippen LogP contribution is 1.95. The molecule has 0 aromatic heterocycles. The molecule has 1 saturated heterocycles. The smallest absolute Gasteiger partial charge is 0.000323 e. The molecule has 2 heteroatoms. The van der Waals surface area contributed by atoms with Crippen molar-refractivity contribution in [2.45, 2.75) is 12.8 Å². The van der Waals surface area contributed by atoms with Gasteiger partial charge in [-0.05, 0) is 30.8 Å². The number of nitrogens with one attached hydrogen (secondary N) is 1. The fraction of sp³-hybridized carbons (Fsp3) is 0.800. The summed E-state index contributed by atoms with van der Waals surface area (Å²) in [7, 11) is 0. The molecule has 1 heterocycles. The van der Waals surface area contributed by atoms with Gasteiger partial charge in [0, 0.05) is 0 Å². The molecule has 1 rings (SSSR count). The quantitative estimate of drug-likeness (QED) is 0.467. The number of hydrogen-bond donors (Lipinski definition) is 1. The van der Waals surface area contributed by atoms with E-state index in [0.29, 0.717) is 0 Å². The number of thiocarbonyl (C=S) groups is 1. The standard InChI is InChI=1S/C5H9NS/c7-5-1-3-6-4-2-5/h6H,1-4H2. The van der Waals surface area contributed by atoms with Crippen LogP contribution in [-0.2, 0) is 0 Å². The summed E-state index contributed by atoms with van der Waals surface area (Å²) in [5, 5.41) is 3.23. The topological polar surface area (TPSA) is 12.0 Å². The average Bonchev–Trinajstić information content (AvgIpc) is 1.69. The molecule has 0 saturated carbocycles. The average molecular weight is 115 g/mol. The molecule has 40 valence electrons. The molecule has 1 N–H and O–H groups in total. The Kier molecular flexibility index (Phi) is 1.77. The third-order valence-corrected chi connectivity index (χ3v) is 1.57. The van der Waals surface area contributed by atoms with Gasteiger partial charge in [-0.25, -0.2) is 0 Å². The Morgan fingerprint density at radius 2 is 1.86 bits per heavy atom. The molecule has 0 atom stereocenters. The predicted octanol–water partition coefficient (Wildman–Crippen LogP) is 0.740. The molecular weight excluding hydrogens is 106 g/mol. The van der Waals surface area contributed by atoms with Gasteiger partial charge >= 0.3 is 0 Å². The molecule has 0 aliphatic carbocycles. The van der Waals surface area contributed by atoms with Crippen molar-refractivity contribution in [3.8, 4) is 0 Å². The molecule has 1 nitrogen and oxygen atoms in total. The van der Waals surface area contributed by atoms with Gasteiger partial charge in [-0.15, -0.1) is 0 Å². The maximum Gasteiger partial charge on any atom is -0.000323 e. The minimum Gasteiger partial charge on any atom is -0.316 e. The van der Waals surface area contributed by atoms with Crippen LogP contribution in [0.15, 0.2) is 0 Å². The van der Waals surface area contributed by atoms with Gasteiger partial charge in [0.25, 0.3) is 0 Å². The van der Waals surface area contributed by atoms with Crippen LogP contribution < -0.4 is 5.32 Å². The minimum atomic E-state index is 1.10. The first-order valence-corrected chi connectivity index (χ1v) is 3.03. The zero-order valence-electron chi connectivity index (χ0n) is 4.24. The third-order valence-electron chi connectivity index (χ3n) is 1.16. The van der Waals surface area contributed by atoms with Crippen molar-refractivity contribution in [2.24, 2.45) is 0 Å². The Morgan fingerprint density at radius 1 is 1.29 bits per heavy atom. The maximum absolute atomic E-state index is 4.97.